The lowest BCUT2D eigenvalue weighted by atomic mass is 10.1. The Labute approximate surface area is 151 Å². The molecule has 26 heavy (non-hydrogen) atoms. The summed E-state index contributed by atoms with van der Waals surface area (Å²) in [6.07, 6.45) is 2.89. The Morgan fingerprint density at radius 2 is 1.88 bits per heavy atom. The topological polar surface area (TPSA) is 66.9 Å². The smallest absolute Gasteiger partial charge is 0.271 e. The van der Waals surface area contributed by atoms with Crippen LogP contribution in [0.15, 0.2) is 54.9 Å². The molecule has 1 amide bonds. The molecule has 0 saturated heterocycles. The fourth-order valence-electron chi connectivity index (χ4n) is 2.51. The molecule has 2 N–H and O–H groups in total. The van der Waals surface area contributed by atoms with Crippen molar-refractivity contribution in [1.82, 2.24) is 15.3 Å². The van der Waals surface area contributed by atoms with Crippen molar-refractivity contribution in [2.75, 3.05) is 5.32 Å². The summed E-state index contributed by atoms with van der Waals surface area (Å²) in [5.41, 5.74) is 3.80. The van der Waals surface area contributed by atoms with E-state index in [4.69, 9.17) is 0 Å². The lowest BCUT2D eigenvalue weighted by molar-refractivity contribution is 0.0945. The molecule has 6 heteroatoms. The number of rotatable bonds is 5. The van der Waals surface area contributed by atoms with Crippen molar-refractivity contribution in [3.05, 3.63) is 83.1 Å². The normalized spacial score (nSPS) is 10.4. The lowest BCUT2D eigenvalue weighted by Gasteiger charge is -2.10. The minimum absolute atomic E-state index is 0.0930. The van der Waals surface area contributed by atoms with Crippen molar-refractivity contribution in [1.29, 1.82) is 0 Å². The minimum atomic E-state index is -0.404. The second-order valence-electron chi connectivity index (χ2n) is 6.00. The van der Waals surface area contributed by atoms with Gasteiger partial charge in [-0.3, -0.25) is 4.79 Å². The van der Waals surface area contributed by atoms with Gasteiger partial charge in [-0.15, -0.1) is 0 Å². The summed E-state index contributed by atoms with van der Waals surface area (Å²) in [5, 5.41) is 5.81. The van der Waals surface area contributed by atoms with Crippen LogP contribution in [0.3, 0.4) is 0 Å². The summed E-state index contributed by atoms with van der Waals surface area (Å²) in [6, 6.07) is 12.4. The van der Waals surface area contributed by atoms with Crippen LogP contribution < -0.4 is 10.6 Å². The largest absolute Gasteiger partial charge is 0.346 e. The van der Waals surface area contributed by atoms with Gasteiger partial charge in [-0.25, -0.2) is 14.4 Å². The average molecular weight is 350 g/mol. The van der Waals surface area contributed by atoms with Crippen molar-refractivity contribution < 1.29 is 9.18 Å². The summed E-state index contributed by atoms with van der Waals surface area (Å²) >= 11 is 0. The van der Waals surface area contributed by atoms with Gasteiger partial charge in [0.05, 0.1) is 12.4 Å². The number of amides is 1. The van der Waals surface area contributed by atoms with E-state index >= 15 is 0 Å². The summed E-state index contributed by atoms with van der Waals surface area (Å²) < 4.78 is 13.6. The van der Waals surface area contributed by atoms with Crippen LogP contribution in [0.2, 0.25) is 0 Å². The van der Waals surface area contributed by atoms with Crippen LogP contribution in [0.1, 0.15) is 27.2 Å². The van der Waals surface area contributed by atoms with Gasteiger partial charge in [0.2, 0.25) is 0 Å². The maximum atomic E-state index is 13.6. The number of hydrogen-bond acceptors (Lipinski definition) is 4. The maximum Gasteiger partial charge on any atom is 0.271 e. The van der Waals surface area contributed by atoms with Crippen LogP contribution in [0.4, 0.5) is 15.9 Å². The number of hydrogen-bond donors (Lipinski definition) is 2. The average Bonchev–Trinajstić information content (AvgIpc) is 2.64. The van der Waals surface area contributed by atoms with Crippen molar-refractivity contribution in [2.24, 2.45) is 0 Å². The zero-order valence-electron chi connectivity index (χ0n) is 14.6. The predicted octanol–water partition coefficient (Wildman–Crippen LogP) is 3.91. The van der Waals surface area contributed by atoms with Crippen molar-refractivity contribution in [2.45, 2.75) is 20.4 Å². The van der Waals surface area contributed by atoms with E-state index in [0.717, 1.165) is 11.3 Å². The van der Waals surface area contributed by atoms with Gasteiger partial charge in [-0.05, 0) is 31.5 Å². The molecular formula is C20H19FN4O. The number of carbonyl (C=O) groups is 1. The molecule has 0 radical (unpaired) electrons. The Hall–Kier alpha value is -3.28. The van der Waals surface area contributed by atoms with Gasteiger partial charge >= 0.3 is 0 Å². The van der Waals surface area contributed by atoms with Crippen molar-refractivity contribution in [3.8, 4) is 0 Å². The van der Waals surface area contributed by atoms with Gasteiger partial charge in [-0.1, -0.05) is 35.9 Å². The van der Waals surface area contributed by atoms with E-state index in [0.29, 0.717) is 11.4 Å². The summed E-state index contributed by atoms with van der Waals surface area (Å²) in [5.74, 6) is -0.215. The van der Waals surface area contributed by atoms with E-state index in [1.54, 1.807) is 18.2 Å². The molecule has 2 aromatic carbocycles. The van der Waals surface area contributed by atoms with E-state index in [9.17, 15) is 9.18 Å². The Balaban J connectivity index is 1.63. The van der Waals surface area contributed by atoms with Crippen LogP contribution in [-0.2, 0) is 6.54 Å². The first-order valence-corrected chi connectivity index (χ1v) is 8.21. The SMILES string of the molecule is Cc1ccc(Nc2cnc(C(=O)NCc3ccccc3F)cn2)c(C)c1. The third kappa shape index (κ3) is 4.22. The van der Waals surface area contributed by atoms with E-state index in [1.807, 2.05) is 26.0 Å². The predicted molar refractivity (Wildman–Crippen MR) is 98.8 cm³/mol. The molecule has 132 valence electrons. The van der Waals surface area contributed by atoms with Gasteiger partial charge in [0.15, 0.2) is 0 Å². The highest BCUT2D eigenvalue weighted by Gasteiger charge is 2.09. The fraction of sp³-hybridized carbons (Fsp3) is 0.150. The van der Waals surface area contributed by atoms with Crippen LogP contribution in [0.5, 0.6) is 0 Å². The van der Waals surface area contributed by atoms with Gasteiger partial charge in [0, 0.05) is 17.8 Å². The highest BCUT2D eigenvalue weighted by Crippen LogP contribution is 2.19. The molecule has 1 aromatic heterocycles. The first kappa shape index (κ1) is 17.5. The van der Waals surface area contributed by atoms with Gasteiger partial charge in [-0.2, -0.15) is 0 Å². The third-order valence-corrected chi connectivity index (χ3v) is 3.93. The van der Waals surface area contributed by atoms with Crippen molar-refractivity contribution >= 4 is 17.4 Å². The van der Waals surface area contributed by atoms with Crippen molar-refractivity contribution in [3.63, 3.8) is 0 Å². The molecule has 0 aliphatic heterocycles. The highest BCUT2D eigenvalue weighted by atomic mass is 19.1. The zero-order chi connectivity index (χ0) is 18.5. The number of nitrogens with zero attached hydrogens (tertiary/aromatic N) is 2. The fourth-order valence-corrected chi connectivity index (χ4v) is 2.51. The summed E-state index contributed by atoms with van der Waals surface area (Å²) in [6.45, 7) is 4.13. The van der Waals surface area contributed by atoms with E-state index in [1.165, 1.54) is 24.0 Å². The monoisotopic (exact) mass is 350 g/mol. The van der Waals surface area contributed by atoms with Gasteiger partial charge < -0.3 is 10.6 Å². The number of nitrogens with one attached hydrogen (secondary N) is 2. The molecule has 1 heterocycles. The van der Waals surface area contributed by atoms with Crippen LogP contribution in [-0.4, -0.2) is 15.9 Å². The number of aromatic nitrogens is 2. The Kier molecular flexibility index (Phi) is 5.22. The number of carbonyl (C=O) groups excluding carboxylic acids is 1. The number of anilines is 2. The number of halogens is 1. The second-order valence-corrected chi connectivity index (χ2v) is 6.00. The molecular weight excluding hydrogens is 331 g/mol. The van der Waals surface area contributed by atoms with E-state index in [2.05, 4.69) is 26.7 Å². The maximum absolute atomic E-state index is 13.6. The molecule has 3 aromatic rings. The summed E-state index contributed by atoms with van der Waals surface area (Å²) in [7, 11) is 0. The molecule has 0 spiro atoms. The quantitative estimate of drug-likeness (QED) is 0.732. The first-order valence-electron chi connectivity index (χ1n) is 8.21. The van der Waals surface area contributed by atoms with E-state index < -0.39 is 5.91 Å². The van der Waals surface area contributed by atoms with Gasteiger partial charge in [0.25, 0.3) is 5.91 Å². The van der Waals surface area contributed by atoms with Crippen LogP contribution >= 0.6 is 0 Å². The molecule has 0 saturated carbocycles. The Morgan fingerprint density at radius 3 is 2.58 bits per heavy atom. The zero-order valence-corrected chi connectivity index (χ0v) is 14.6. The standard InChI is InChI=1S/C20H19FN4O/c1-13-7-8-17(14(2)9-13)25-19-12-22-18(11-23-19)20(26)24-10-15-5-3-4-6-16(15)21/h3-9,11-12H,10H2,1-2H3,(H,23,25)(H,24,26). The molecule has 5 nitrogen and oxygen atoms in total. The van der Waals surface area contributed by atoms with E-state index in [-0.39, 0.29) is 18.1 Å². The molecule has 0 bridgehead atoms. The molecule has 0 aliphatic carbocycles. The van der Waals surface area contributed by atoms with Crippen LogP contribution in [0, 0.1) is 19.7 Å². The second kappa shape index (κ2) is 7.74. The first-order chi connectivity index (χ1) is 12.5. The molecule has 0 atom stereocenters. The molecule has 0 aliphatic rings. The van der Waals surface area contributed by atoms with Crippen LogP contribution in [0.25, 0.3) is 0 Å². The third-order valence-electron chi connectivity index (χ3n) is 3.93. The molecule has 3 rings (SSSR count). The number of aryl methyl sites for hydroxylation is 2. The number of benzene rings is 2. The molecule has 0 fully saturated rings. The highest BCUT2D eigenvalue weighted by molar-refractivity contribution is 5.92. The lowest BCUT2D eigenvalue weighted by Crippen LogP contribution is -2.24. The molecule has 0 unspecified atom stereocenters. The minimum Gasteiger partial charge on any atom is -0.346 e. The summed E-state index contributed by atoms with van der Waals surface area (Å²) in [4.78, 5) is 20.5. The van der Waals surface area contributed by atoms with Gasteiger partial charge in [0.1, 0.15) is 17.3 Å². The Bertz CT molecular complexity index is 925. The Morgan fingerprint density at radius 1 is 1.08 bits per heavy atom.